The smallest absolute Gasteiger partial charge is 0.506 e. The maximum Gasteiger partial charge on any atom is 2.00 e. The minimum atomic E-state index is -0.568. The number of phenols is 1. The van der Waals surface area contributed by atoms with Crippen molar-refractivity contribution >= 4 is 27.8 Å². The Bertz CT molecular complexity index is 3380. The molecule has 3 aromatic heterocycles. The third-order valence-electron chi connectivity index (χ3n) is 9.08. The molecule has 0 spiro atoms. The van der Waals surface area contributed by atoms with Gasteiger partial charge in [0.15, 0.2) is 0 Å². The fraction of sp³-hybridized carbons (Fsp3) is 0. The van der Waals surface area contributed by atoms with Crippen LogP contribution in [0.5, 0.6) is 5.75 Å². The molecule has 0 saturated heterocycles. The summed E-state index contributed by atoms with van der Waals surface area (Å²) in [6.45, 7) is 0. The van der Waals surface area contributed by atoms with Gasteiger partial charge in [0.05, 0.1) is 47.1 Å². The van der Waals surface area contributed by atoms with Crippen molar-refractivity contribution in [2.24, 2.45) is 0 Å². The second kappa shape index (κ2) is 13.2. The van der Waals surface area contributed by atoms with Crippen LogP contribution in [0.3, 0.4) is 0 Å². The third kappa shape index (κ3) is 5.38. The van der Waals surface area contributed by atoms with Crippen LogP contribution < -0.4 is 4.57 Å². The number of hydrogen-bond donors (Lipinski definition) is 1. The van der Waals surface area contributed by atoms with E-state index in [0.29, 0.717) is 28.2 Å². The van der Waals surface area contributed by atoms with E-state index < -0.39 is 60.4 Å². The van der Waals surface area contributed by atoms with Gasteiger partial charge in [-0.05, 0) is 58.3 Å². The minimum absolute atomic E-state index is 0. The van der Waals surface area contributed by atoms with Gasteiger partial charge in [-0.3, -0.25) is 13.5 Å². The van der Waals surface area contributed by atoms with Crippen LogP contribution in [-0.2, 0) is 21.1 Å². The number of para-hydroxylation sites is 6. The molecule has 7 heteroatoms. The van der Waals surface area contributed by atoms with Gasteiger partial charge in [0.1, 0.15) is 5.75 Å². The molecule has 53 heavy (non-hydrogen) atoms. The van der Waals surface area contributed by atoms with E-state index in [4.69, 9.17) is 18.7 Å². The SMILES string of the molecule is [2H]c1c([2H])c([2H])c(-c2cccc(-c3c([2H])c([2H])c([2H])c([2H])c3[2H])c2-[n+]2[c-]n(-c3[c-]c(-c4cccc5c4nc4n(-c6ccccc6O)c6ccccc6n54)ccc3)cc2)c([2H])c1[2H].[Pt+2]. The van der Waals surface area contributed by atoms with Gasteiger partial charge in [-0.1, -0.05) is 121 Å². The Morgan fingerprint density at radius 3 is 2.00 bits per heavy atom. The van der Waals surface area contributed by atoms with E-state index in [9.17, 15) is 5.11 Å². The van der Waals surface area contributed by atoms with E-state index in [2.05, 4.69) is 16.8 Å². The first-order valence-electron chi connectivity index (χ1n) is 21.4. The average molecular weight is 874 g/mol. The molecule has 6 nitrogen and oxygen atoms in total. The number of imidazole rings is 3. The van der Waals surface area contributed by atoms with Gasteiger partial charge in [0.25, 0.3) is 6.33 Å². The maximum absolute atomic E-state index is 10.9. The number of aromatic nitrogens is 5. The summed E-state index contributed by atoms with van der Waals surface area (Å²) in [7, 11) is 0. The molecular formula is C46H30N5OPt+. The molecule has 3 heterocycles. The van der Waals surface area contributed by atoms with E-state index in [1.54, 1.807) is 47.3 Å². The molecule has 1 N–H and O–H groups in total. The Kier molecular flexibility index (Phi) is 5.78. The fourth-order valence-electron chi connectivity index (χ4n) is 6.84. The first-order chi connectivity index (χ1) is 29.9. The number of phenolic OH excluding ortho intramolecular Hbond substituents is 1. The molecule has 0 aliphatic carbocycles. The van der Waals surface area contributed by atoms with Crippen molar-refractivity contribution in [2.75, 3.05) is 0 Å². The van der Waals surface area contributed by atoms with Crippen molar-refractivity contribution in [3.8, 4) is 56.2 Å². The Labute approximate surface area is 334 Å². The zero-order valence-corrected chi connectivity index (χ0v) is 29.7. The van der Waals surface area contributed by atoms with Crippen LogP contribution in [0.1, 0.15) is 13.7 Å². The van der Waals surface area contributed by atoms with Crippen LogP contribution in [0.25, 0.3) is 78.3 Å². The van der Waals surface area contributed by atoms with Crippen LogP contribution >= 0.6 is 0 Å². The average Bonchev–Trinajstić information content (AvgIpc) is 4.01. The second-order valence-electron chi connectivity index (χ2n) is 12.0. The summed E-state index contributed by atoms with van der Waals surface area (Å²) in [5, 5.41) is 10.9. The minimum Gasteiger partial charge on any atom is -0.506 e. The molecule has 7 aromatic carbocycles. The van der Waals surface area contributed by atoms with Gasteiger partial charge in [0.2, 0.25) is 5.78 Å². The molecule has 0 amide bonds. The number of fused-ring (bicyclic) bond motifs is 5. The van der Waals surface area contributed by atoms with Crippen LogP contribution in [-0.4, -0.2) is 23.6 Å². The van der Waals surface area contributed by atoms with Crippen molar-refractivity contribution in [1.82, 2.24) is 18.5 Å². The molecule has 0 atom stereocenters. The summed E-state index contributed by atoms with van der Waals surface area (Å²) in [5.41, 5.74) is 6.17. The number of benzene rings is 7. The molecule has 0 aliphatic rings. The summed E-state index contributed by atoms with van der Waals surface area (Å²) in [4.78, 5) is 5.17. The van der Waals surface area contributed by atoms with Crippen molar-refractivity contribution in [1.29, 1.82) is 0 Å². The van der Waals surface area contributed by atoms with Crippen LogP contribution in [0, 0.1) is 12.4 Å². The zero-order chi connectivity index (χ0) is 43.3. The summed E-state index contributed by atoms with van der Waals surface area (Å²) in [6.07, 6.45) is 6.57. The largest absolute Gasteiger partial charge is 2.00 e. The summed E-state index contributed by atoms with van der Waals surface area (Å²) < 4.78 is 92.6. The van der Waals surface area contributed by atoms with Gasteiger partial charge in [-0.15, -0.1) is 29.8 Å². The number of aromatic hydroxyl groups is 1. The number of nitrogens with zero attached hydrogens (tertiary/aromatic N) is 5. The molecule has 254 valence electrons. The van der Waals surface area contributed by atoms with Crippen molar-refractivity contribution in [2.45, 2.75) is 0 Å². The topological polar surface area (TPSA) is 51.3 Å². The Balaban J connectivity index is 0.00000504. The first-order valence-corrected chi connectivity index (χ1v) is 16.4. The molecule has 0 radical (unpaired) electrons. The molecule has 0 fully saturated rings. The Morgan fingerprint density at radius 1 is 0.642 bits per heavy atom. The Hall–Kier alpha value is -6.49. The molecule has 10 aromatic rings. The van der Waals surface area contributed by atoms with Crippen molar-refractivity contribution in [3.63, 3.8) is 0 Å². The van der Waals surface area contributed by atoms with Gasteiger partial charge >= 0.3 is 21.1 Å². The monoisotopic (exact) mass is 873 g/mol. The molecule has 0 saturated carbocycles. The molecule has 0 unspecified atom stereocenters. The van der Waals surface area contributed by atoms with Crippen LogP contribution in [0.15, 0.2) is 176 Å². The quantitative estimate of drug-likeness (QED) is 0.134. The second-order valence-corrected chi connectivity index (χ2v) is 12.0. The number of hydrogen-bond acceptors (Lipinski definition) is 2. The van der Waals surface area contributed by atoms with E-state index in [1.807, 2.05) is 77.4 Å². The van der Waals surface area contributed by atoms with E-state index in [0.717, 1.165) is 22.1 Å². The summed E-state index contributed by atoms with van der Waals surface area (Å²) in [5.74, 6) is 0.722. The fourth-order valence-corrected chi connectivity index (χ4v) is 6.84. The summed E-state index contributed by atoms with van der Waals surface area (Å²) in [6, 6.07) is 29.5. The molecule has 0 bridgehead atoms. The van der Waals surface area contributed by atoms with Crippen LogP contribution in [0.4, 0.5) is 0 Å². The summed E-state index contributed by atoms with van der Waals surface area (Å²) >= 11 is 0. The van der Waals surface area contributed by atoms with Crippen molar-refractivity contribution in [3.05, 3.63) is 188 Å². The molecule has 10 rings (SSSR count). The molecule has 0 aliphatic heterocycles. The predicted octanol–water partition coefficient (Wildman–Crippen LogP) is 9.80. The Morgan fingerprint density at radius 2 is 1.26 bits per heavy atom. The standard InChI is InChI=1S/C46H30N5O.Pt/c52-43-27-10-9-25-41(43)50-39-23-7-8-24-40(39)51-42-26-13-20-36(44(42)47-46(50)51)34-18-11-19-35(30-34)48-28-29-49(31-48)45-37(32-14-3-1-4-15-32)21-12-22-38(45)33-16-5-2-6-17-33;/h1-29,52H;/q-1;+2/i1D,2D,3D,4D,5D,6D,14D,15D,16D,17D;. The first kappa shape index (κ1) is 23.1. The third-order valence-corrected chi connectivity index (χ3v) is 9.08. The maximum atomic E-state index is 10.9. The van der Waals surface area contributed by atoms with E-state index in [1.165, 1.54) is 4.57 Å². The normalized spacial score (nSPS) is 14.0. The van der Waals surface area contributed by atoms with Gasteiger partial charge < -0.3 is 9.67 Å². The van der Waals surface area contributed by atoms with Gasteiger partial charge in [-0.2, -0.15) is 0 Å². The van der Waals surface area contributed by atoms with Crippen molar-refractivity contribution < 1.29 is 44.4 Å². The van der Waals surface area contributed by atoms with E-state index >= 15 is 0 Å². The van der Waals surface area contributed by atoms with E-state index in [-0.39, 0.29) is 54.8 Å². The van der Waals surface area contributed by atoms with Crippen LogP contribution in [0.2, 0.25) is 0 Å². The van der Waals surface area contributed by atoms with Gasteiger partial charge in [0, 0.05) is 12.4 Å². The predicted molar refractivity (Wildman–Crippen MR) is 206 cm³/mol. The van der Waals surface area contributed by atoms with Gasteiger partial charge in [-0.25, -0.2) is 4.98 Å². The molecular weight excluding hydrogens is 834 g/mol. The zero-order valence-electron chi connectivity index (χ0n) is 37.5. The number of rotatable bonds is 6.